The van der Waals surface area contributed by atoms with Crippen LogP contribution in [-0.4, -0.2) is 38.7 Å². The zero-order valence-corrected chi connectivity index (χ0v) is 19.5. The zero-order valence-electron chi connectivity index (χ0n) is 18.6. The van der Waals surface area contributed by atoms with Crippen LogP contribution in [0.1, 0.15) is 29.8 Å². The molecule has 1 aromatic heterocycles. The number of nitrogens with zero attached hydrogens (tertiary/aromatic N) is 2. The second kappa shape index (κ2) is 10.3. The highest BCUT2D eigenvalue weighted by molar-refractivity contribution is 7.14. The van der Waals surface area contributed by atoms with E-state index >= 15 is 0 Å². The maximum absolute atomic E-state index is 12.2. The minimum atomic E-state index is -0.0367. The normalized spacial score (nSPS) is 10.8. The molecule has 1 amide bonds. The van der Waals surface area contributed by atoms with Crippen molar-refractivity contribution in [3.05, 3.63) is 59.0 Å². The van der Waals surface area contributed by atoms with Crippen molar-refractivity contribution >= 4 is 22.4 Å². The van der Waals surface area contributed by atoms with Crippen LogP contribution in [0.5, 0.6) is 11.5 Å². The second-order valence-corrected chi connectivity index (χ2v) is 8.57. The van der Waals surface area contributed by atoms with Gasteiger partial charge in [0.05, 0.1) is 19.9 Å². The number of anilines is 1. The van der Waals surface area contributed by atoms with Gasteiger partial charge in [-0.2, -0.15) is 0 Å². The third-order valence-corrected chi connectivity index (χ3v) is 5.76. The Morgan fingerprint density at radius 3 is 2.52 bits per heavy atom. The van der Waals surface area contributed by atoms with Gasteiger partial charge in [-0.1, -0.05) is 26.0 Å². The summed E-state index contributed by atoms with van der Waals surface area (Å²) in [6.07, 6.45) is 0. The molecule has 1 heterocycles. The maximum atomic E-state index is 12.2. The number of ether oxygens (including phenoxy) is 2. The molecule has 7 heteroatoms. The number of carbonyl (C=O) groups excluding carboxylic acids is 1. The summed E-state index contributed by atoms with van der Waals surface area (Å²) in [6, 6.07) is 13.4. The first-order valence-corrected chi connectivity index (χ1v) is 11.1. The number of carbonyl (C=O) groups is 1. The van der Waals surface area contributed by atoms with E-state index in [2.05, 4.69) is 24.1 Å². The average molecular weight is 440 g/mol. The number of nitrogens with one attached hydrogen (secondary N) is 1. The summed E-state index contributed by atoms with van der Waals surface area (Å²) in [5.41, 5.74) is 3.53. The molecule has 0 saturated heterocycles. The molecule has 0 spiro atoms. The third kappa shape index (κ3) is 5.76. The molecule has 3 aromatic rings. The Balaban J connectivity index is 1.69. The average Bonchev–Trinajstić information content (AvgIpc) is 3.27. The van der Waals surface area contributed by atoms with Crippen molar-refractivity contribution in [2.24, 2.45) is 5.92 Å². The topological polar surface area (TPSA) is 63.7 Å². The first-order chi connectivity index (χ1) is 14.9. The largest absolute Gasteiger partial charge is 0.497 e. The standard InChI is InChI=1S/C24H29N3O3S/c1-16(2)13-25-23(28)18-8-6-17(7-9-18)14-27(3)24-26-21(15-31-24)20-12-19(29-4)10-11-22(20)30-5/h6-12,15-16H,13-14H2,1-5H3,(H,25,28). The number of benzene rings is 2. The van der Waals surface area contributed by atoms with Gasteiger partial charge >= 0.3 is 0 Å². The summed E-state index contributed by atoms with van der Waals surface area (Å²) >= 11 is 1.58. The van der Waals surface area contributed by atoms with Gasteiger partial charge in [0, 0.05) is 36.6 Å². The second-order valence-electron chi connectivity index (χ2n) is 7.74. The molecule has 0 unspecified atom stereocenters. The van der Waals surface area contributed by atoms with Crippen LogP contribution in [0.4, 0.5) is 5.13 Å². The molecule has 0 radical (unpaired) electrons. The van der Waals surface area contributed by atoms with E-state index in [0.29, 0.717) is 24.6 Å². The fraction of sp³-hybridized carbons (Fsp3) is 0.333. The minimum Gasteiger partial charge on any atom is -0.497 e. The van der Waals surface area contributed by atoms with Gasteiger partial charge < -0.3 is 19.7 Å². The van der Waals surface area contributed by atoms with Gasteiger partial charge in [-0.15, -0.1) is 11.3 Å². The van der Waals surface area contributed by atoms with Crippen LogP contribution in [0, 0.1) is 5.92 Å². The Morgan fingerprint density at radius 2 is 1.87 bits per heavy atom. The molecule has 1 N–H and O–H groups in total. The van der Waals surface area contributed by atoms with E-state index in [9.17, 15) is 4.79 Å². The van der Waals surface area contributed by atoms with Crippen LogP contribution in [0.3, 0.4) is 0 Å². The fourth-order valence-electron chi connectivity index (χ4n) is 3.08. The van der Waals surface area contributed by atoms with Crippen molar-refractivity contribution in [1.82, 2.24) is 10.3 Å². The Kier molecular flexibility index (Phi) is 7.52. The molecule has 0 fully saturated rings. The van der Waals surface area contributed by atoms with E-state index in [0.717, 1.165) is 33.5 Å². The molecule has 0 bridgehead atoms. The van der Waals surface area contributed by atoms with Crippen LogP contribution in [-0.2, 0) is 6.54 Å². The Bertz CT molecular complexity index is 1020. The quantitative estimate of drug-likeness (QED) is 0.516. The predicted molar refractivity (Wildman–Crippen MR) is 126 cm³/mol. The van der Waals surface area contributed by atoms with Gasteiger partial charge in [-0.05, 0) is 41.8 Å². The van der Waals surface area contributed by atoms with Crippen molar-refractivity contribution < 1.29 is 14.3 Å². The van der Waals surface area contributed by atoms with Crippen molar-refractivity contribution in [3.63, 3.8) is 0 Å². The lowest BCUT2D eigenvalue weighted by molar-refractivity contribution is 0.0949. The van der Waals surface area contributed by atoms with Gasteiger partial charge in [-0.25, -0.2) is 4.98 Å². The summed E-state index contributed by atoms with van der Waals surface area (Å²) in [7, 11) is 5.30. The van der Waals surface area contributed by atoms with Crippen LogP contribution in [0.2, 0.25) is 0 Å². The molecule has 0 atom stereocenters. The van der Waals surface area contributed by atoms with E-state index < -0.39 is 0 Å². The van der Waals surface area contributed by atoms with Gasteiger partial charge in [0.15, 0.2) is 5.13 Å². The number of thiazole rings is 1. The molecule has 31 heavy (non-hydrogen) atoms. The first kappa shape index (κ1) is 22.6. The van der Waals surface area contributed by atoms with Gasteiger partial charge in [-0.3, -0.25) is 4.79 Å². The Morgan fingerprint density at radius 1 is 1.13 bits per heavy atom. The van der Waals surface area contributed by atoms with Gasteiger partial charge in [0.2, 0.25) is 0 Å². The number of amides is 1. The van der Waals surface area contributed by atoms with Gasteiger partial charge in [0.1, 0.15) is 11.5 Å². The summed E-state index contributed by atoms with van der Waals surface area (Å²) in [4.78, 5) is 19.1. The Labute approximate surface area is 187 Å². The van der Waals surface area contributed by atoms with Gasteiger partial charge in [0.25, 0.3) is 5.91 Å². The SMILES string of the molecule is COc1ccc(OC)c(-c2csc(N(C)Cc3ccc(C(=O)NCC(C)C)cc3)n2)c1. The molecule has 0 aliphatic rings. The smallest absolute Gasteiger partial charge is 0.251 e. The number of hydrogen-bond acceptors (Lipinski definition) is 6. The van der Waals surface area contributed by atoms with E-state index in [1.165, 1.54) is 0 Å². The summed E-state index contributed by atoms with van der Waals surface area (Å²) in [5, 5.41) is 5.86. The highest BCUT2D eigenvalue weighted by Gasteiger charge is 2.14. The van der Waals surface area contributed by atoms with Crippen LogP contribution in [0.25, 0.3) is 11.3 Å². The molecule has 0 saturated carbocycles. The van der Waals surface area contributed by atoms with E-state index in [4.69, 9.17) is 14.5 Å². The van der Waals surface area contributed by atoms with Crippen molar-refractivity contribution in [2.75, 3.05) is 32.7 Å². The number of aromatic nitrogens is 1. The highest BCUT2D eigenvalue weighted by atomic mass is 32.1. The molecular weight excluding hydrogens is 410 g/mol. The molecule has 164 valence electrons. The molecule has 0 aliphatic heterocycles. The summed E-state index contributed by atoms with van der Waals surface area (Å²) in [5.74, 6) is 1.91. The van der Waals surface area contributed by atoms with Crippen molar-refractivity contribution in [2.45, 2.75) is 20.4 Å². The summed E-state index contributed by atoms with van der Waals surface area (Å²) in [6.45, 7) is 5.52. The maximum Gasteiger partial charge on any atom is 0.251 e. The van der Waals surface area contributed by atoms with Crippen molar-refractivity contribution in [3.8, 4) is 22.8 Å². The third-order valence-electron chi connectivity index (χ3n) is 4.81. The molecular formula is C24H29N3O3S. The summed E-state index contributed by atoms with van der Waals surface area (Å²) < 4.78 is 10.8. The highest BCUT2D eigenvalue weighted by Crippen LogP contribution is 2.35. The predicted octanol–water partition coefficient (Wildman–Crippen LogP) is 4.85. The van der Waals surface area contributed by atoms with Crippen LogP contribution < -0.4 is 19.7 Å². The number of methoxy groups -OCH3 is 2. The number of rotatable bonds is 9. The number of hydrogen-bond donors (Lipinski definition) is 1. The monoisotopic (exact) mass is 439 g/mol. The lowest BCUT2D eigenvalue weighted by Gasteiger charge is -2.16. The first-order valence-electron chi connectivity index (χ1n) is 10.2. The molecule has 0 aliphatic carbocycles. The van der Waals surface area contributed by atoms with Crippen LogP contribution in [0.15, 0.2) is 47.8 Å². The van der Waals surface area contributed by atoms with E-state index in [1.807, 2.05) is 54.9 Å². The Hall–Kier alpha value is -3.06. The van der Waals surface area contributed by atoms with E-state index in [-0.39, 0.29) is 5.91 Å². The van der Waals surface area contributed by atoms with E-state index in [1.54, 1.807) is 25.6 Å². The fourth-order valence-corrected chi connectivity index (χ4v) is 3.87. The zero-order chi connectivity index (χ0) is 22.4. The molecule has 2 aromatic carbocycles. The molecule has 6 nitrogen and oxygen atoms in total. The minimum absolute atomic E-state index is 0.0367. The lowest BCUT2D eigenvalue weighted by atomic mass is 10.1. The van der Waals surface area contributed by atoms with Crippen molar-refractivity contribution in [1.29, 1.82) is 0 Å². The lowest BCUT2D eigenvalue weighted by Crippen LogP contribution is -2.27. The molecule has 3 rings (SSSR count). The van der Waals surface area contributed by atoms with Crippen LogP contribution >= 0.6 is 11.3 Å².